The number of phenolic OH excluding ortho intramolecular Hbond substituents is 1. The van der Waals surface area contributed by atoms with Gasteiger partial charge >= 0.3 is 5.97 Å². The first-order valence-electron chi connectivity index (χ1n) is 7.19. The Balaban J connectivity index is 0.00000116. The summed E-state index contributed by atoms with van der Waals surface area (Å²) in [5.74, 6) is -0.877. The monoisotopic (exact) mass is 326 g/mol. The number of carbonyl (C=O) groups is 2. The Hall–Kier alpha value is -1.73. The van der Waals surface area contributed by atoms with Gasteiger partial charge in [0.05, 0.1) is 0 Å². The number of carbonyl (C=O) groups excluding carboxylic acids is 1. The van der Waals surface area contributed by atoms with Gasteiger partial charge in [-0.15, -0.1) is 0 Å². The van der Waals surface area contributed by atoms with Crippen LogP contribution in [0.5, 0.6) is 5.75 Å². The van der Waals surface area contributed by atoms with Gasteiger partial charge in [-0.1, -0.05) is 13.8 Å². The van der Waals surface area contributed by atoms with E-state index < -0.39 is 12.0 Å². The molecule has 1 amide bonds. The zero-order valence-corrected chi connectivity index (χ0v) is 13.8. The molecule has 0 radical (unpaired) electrons. The minimum absolute atomic E-state index is 0.106. The van der Waals surface area contributed by atoms with Crippen LogP contribution in [0.15, 0.2) is 29.2 Å². The van der Waals surface area contributed by atoms with E-state index in [1.54, 1.807) is 33.5 Å². The second kappa shape index (κ2) is 8.65. The van der Waals surface area contributed by atoms with E-state index in [1.807, 2.05) is 13.8 Å². The standard InChI is InChI=1S/C13H16N2O4S.C2H6/c1-9(16)14-6-7-15(12(8-14)13(18)19)20-11-4-2-10(17)3-5-11;1-2/h2-5,12,17H,6-8H2,1H3,(H,18,19);1-2H3. The lowest BCUT2D eigenvalue weighted by Gasteiger charge is -2.37. The third kappa shape index (κ3) is 4.92. The second-order valence-corrected chi connectivity index (χ2v) is 5.67. The fraction of sp³-hybridized carbons (Fsp3) is 0.467. The number of phenols is 1. The van der Waals surface area contributed by atoms with Crippen molar-refractivity contribution in [2.24, 2.45) is 0 Å². The van der Waals surface area contributed by atoms with Crippen molar-refractivity contribution < 1.29 is 19.8 Å². The number of hydrogen-bond acceptors (Lipinski definition) is 5. The summed E-state index contributed by atoms with van der Waals surface area (Å²) in [6, 6.07) is 5.85. The molecular weight excluding hydrogens is 304 g/mol. The molecule has 1 unspecified atom stereocenters. The van der Waals surface area contributed by atoms with Gasteiger partial charge < -0.3 is 15.1 Å². The van der Waals surface area contributed by atoms with Crippen LogP contribution in [-0.4, -0.2) is 57.0 Å². The lowest BCUT2D eigenvalue weighted by Crippen LogP contribution is -2.54. The number of hydrogen-bond donors (Lipinski definition) is 2. The van der Waals surface area contributed by atoms with Gasteiger partial charge in [-0.25, -0.2) is 4.31 Å². The Morgan fingerprint density at radius 3 is 2.27 bits per heavy atom. The van der Waals surface area contributed by atoms with Gasteiger partial charge in [-0.3, -0.25) is 9.59 Å². The lowest BCUT2D eigenvalue weighted by atomic mass is 10.2. The summed E-state index contributed by atoms with van der Waals surface area (Å²) in [4.78, 5) is 25.1. The molecule has 22 heavy (non-hydrogen) atoms. The van der Waals surface area contributed by atoms with Crippen molar-refractivity contribution in [3.05, 3.63) is 24.3 Å². The number of piperazine rings is 1. The van der Waals surface area contributed by atoms with E-state index >= 15 is 0 Å². The molecule has 2 N–H and O–H groups in total. The number of carboxylic acid groups (broad SMARTS) is 1. The van der Waals surface area contributed by atoms with Crippen LogP contribution in [0.2, 0.25) is 0 Å². The van der Waals surface area contributed by atoms with E-state index in [4.69, 9.17) is 0 Å². The normalized spacial score (nSPS) is 18.3. The van der Waals surface area contributed by atoms with Crippen molar-refractivity contribution in [1.29, 1.82) is 0 Å². The van der Waals surface area contributed by atoms with Crippen molar-refractivity contribution in [2.75, 3.05) is 19.6 Å². The molecule has 1 aliphatic heterocycles. The average Bonchev–Trinajstić information content (AvgIpc) is 2.51. The molecule has 1 fully saturated rings. The number of aliphatic carboxylic acids is 1. The van der Waals surface area contributed by atoms with Crippen molar-refractivity contribution in [2.45, 2.75) is 31.7 Å². The van der Waals surface area contributed by atoms with Crippen LogP contribution in [-0.2, 0) is 9.59 Å². The zero-order valence-electron chi connectivity index (χ0n) is 13.0. The first kappa shape index (κ1) is 18.3. The molecule has 1 saturated heterocycles. The number of benzene rings is 1. The quantitative estimate of drug-likeness (QED) is 0.827. The van der Waals surface area contributed by atoms with E-state index in [-0.39, 0.29) is 18.2 Å². The Bertz CT molecular complexity index is 507. The minimum atomic E-state index is -0.942. The summed E-state index contributed by atoms with van der Waals surface area (Å²) in [5.41, 5.74) is 0. The molecule has 0 aromatic heterocycles. The summed E-state index contributed by atoms with van der Waals surface area (Å²) in [6.45, 7) is 6.64. The third-order valence-corrected chi connectivity index (χ3v) is 4.28. The Morgan fingerprint density at radius 1 is 1.18 bits per heavy atom. The molecule has 0 aliphatic carbocycles. The molecule has 2 rings (SSSR count). The highest BCUT2D eigenvalue weighted by atomic mass is 32.2. The minimum Gasteiger partial charge on any atom is -0.508 e. The number of amides is 1. The summed E-state index contributed by atoms with van der Waals surface area (Å²) >= 11 is 1.33. The fourth-order valence-electron chi connectivity index (χ4n) is 2.01. The molecule has 1 aliphatic rings. The molecule has 0 spiro atoms. The van der Waals surface area contributed by atoms with Crippen molar-refractivity contribution in [1.82, 2.24) is 9.21 Å². The topological polar surface area (TPSA) is 81.1 Å². The van der Waals surface area contributed by atoms with Gasteiger partial charge in [0.1, 0.15) is 11.8 Å². The average molecular weight is 326 g/mol. The maximum absolute atomic E-state index is 11.3. The maximum atomic E-state index is 11.3. The van der Waals surface area contributed by atoms with Crippen molar-refractivity contribution in [3.63, 3.8) is 0 Å². The number of carboxylic acids is 1. The lowest BCUT2D eigenvalue weighted by molar-refractivity contribution is -0.144. The van der Waals surface area contributed by atoms with E-state index in [9.17, 15) is 19.8 Å². The molecule has 1 aromatic carbocycles. The van der Waals surface area contributed by atoms with E-state index in [0.29, 0.717) is 13.1 Å². The van der Waals surface area contributed by atoms with Crippen LogP contribution in [0.4, 0.5) is 0 Å². The smallest absolute Gasteiger partial charge is 0.323 e. The summed E-state index contributed by atoms with van der Waals surface area (Å²) < 4.78 is 1.76. The molecule has 0 bridgehead atoms. The molecular formula is C15H22N2O4S. The molecule has 122 valence electrons. The summed E-state index contributed by atoms with van der Waals surface area (Å²) in [5, 5.41) is 18.5. The Labute approximate surface area is 134 Å². The highest BCUT2D eigenvalue weighted by Gasteiger charge is 2.33. The van der Waals surface area contributed by atoms with Crippen molar-refractivity contribution >= 4 is 23.8 Å². The van der Waals surface area contributed by atoms with Crippen molar-refractivity contribution in [3.8, 4) is 5.75 Å². The van der Waals surface area contributed by atoms with Crippen LogP contribution < -0.4 is 0 Å². The predicted octanol–water partition coefficient (Wildman–Crippen LogP) is 2.04. The van der Waals surface area contributed by atoms with Crippen LogP contribution in [0.3, 0.4) is 0 Å². The predicted molar refractivity (Wildman–Crippen MR) is 85.7 cm³/mol. The third-order valence-electron chi connectivity index (χ3n) is 3.12. The Morgan fingerprint density at radius 2 is 1.77 bits per heavy atom. The van der Waals surface area contributed by atoms with Crippen LogP contribution in [0.25, 0.3) is 0 Å². The first-order valence-corrected chi connectivity index (χ1v) is 7.96. The van der Waals surface area contributed by atoms with Gasteiger partial charge in [0, 0.05) is 31.5 Å². The fourth-order valence-corrected chi connectivity index (χ4v) is 2.99. The van der Waals surface area contributed by atoms with Gasteiger partial charge in [-0.2, -0.15) is 0 Å². The largest absolute Gasteiger partial charge is 0.508 e. The molecule has 7 heteroatoms. The molecule has 1 atom stereocenters. The number of nitrogens with zero attached hydrogens (tertiary/aromatic N) is 2. The van der Waals surface area contributed by atoms with E-state index in [1.165, 1.54) is 18.9 Å². The molecule has 1 aromatic rings. The van der Waals surface area contributed by atoms with E-state index in [2.05, 4.69) is 0 Å². The highest BCUT2D eigenvalue weighted by molar-refractivity contribution is 7.97. The number of rotatable bonds is 3. The maximum Gasteiger partial charge on any atom is 0.323 e. The SMILES string of the molecule is CC.CC(=O)N1CCN(Sc2ccc(O)cc2)C(C(=O)O)C1. The zero-order chi connectivity index (χ0) is 16.7. The summed E-state index contributed by atoms with van der Waals surface area (Å²) in [6.07, 6.45) is 0. The van der Waals surface area contributed by atoms with Crippen LogP contribution in [0.1, 0.15) is 20.8 Å². The van der Waals surface area contributed by atoms with E-state index in [0.717, 1.165) is 4.90 Å². The molecule has 0 saturated carbocycles. The van der Waals surface area contributed by atoms with Gasteiger partial charge in [0.15, 0.2) is 0 Å². The second-order valence-electron chi connectivity index (χ2n) is 4.54. The van der Waals surface area contributed by atoms with Gasteiger partial charge in [0.25, 0.3) is 0 Å². The molecule has 1 heterocycles. The van der Waals surface area contributed by atoms with Crippen LogP contribution in [0, 0.1) is 0 Å². The van der Waals surface area contributed by atoms with Gasteiger partial charge in [-0.05, 0) is 36.2 Å². The van der Waals surface area contributed by atoms with Gasteiger partial charge in [0.2, 0.25) is 5.91 Å². The first-order chi connectivity index (χ1) is 10.5. The van der Waals surface area contributed by atoms with Crippen LogP contribution >= 0.6 is 11.9 Å². The summed E-state index contributed by atoms with van der Waals surface area (Å²) in [7, 11) is 0. The Kier molecular flexibility index (Phi) is 7.20. The molecule has 6 nitrogen and oxygen atoms in total. The number of aromatic hydroxyl groups is 1. The highest BCUT2D eigenvalue weighted by Crippen LogP contribution is 2.28.